The van der Waals surface area contributed by atoms with Crippen LogP contribution < -0.4 is 0 Å². The molecule has 1 amide bonds. The Morgan fingerprint density at radius 2 is 2.06 bits per heavy atom. The molecular weight excluding hydrogens is 236 g/mol. The minimum Gasteiger partial charge on any atom is -0.481 e. The first-order valence-corrected chi connectivity index (χ1v) is 5.59. The summed E-state index contributed by atoms with van der Waals surface area (Å²) in [6.07, 6.45) is 3.06. The molecule has 6 nitrogen and oxygen atoms in total. The van der Waals surface area contributed by atoms with Crippen LogP contribution in [0.1, 0.15) is 10.4 Å². The molecular formula is C12H14N2O4. The summed E-state index contributed by atoms with van der Waals surface area (Å²) >= 11 is 0. The average Bonchev–Trinajstić information content (AvgIpc) is 2.87. The van der Waals surface area contributed by atoms with Gasteiger partial charge < -0.3 is 14.7 Å². The lowest BCUT2D eigenvalue weighted by Crippen LogP contribution is -2.44. The van der Waals surface area contributed by atoms with Crippen LogP contribution in [0.2, 0.25) is 0 Å². The normalized spacial score (nSPS) is 22.7. The number of likely N-dealkylation sites (N-methyl/N-ethyl adjacent to an activating group) is 1. The third kappa shape index (κ3) is 2.33. The van der Waals surface area contributed by atoms with Crippen LogP contribution in [0.5, 0.6) is 0 Å². The van der Waals surface area contributed by atoms with Crippen LogP contribution >= 0.6 is 0 Å². The number of carbonyl (C=O) groups excluding carboxylic acids is 1. The van der Waals surface area contributed by atoms with Crippen LogP contribution in [0.4, 0.5) is 0 Å². The number of carboxylic acids is 1. The maximum Gasteiger partial charge on any atom is 0.311 e. The van der Waals surface area contributed by atoms with Gasteiger partial charge in [-0.05, 0) is 12.1 Å². The fourth-order valence-corrected chi connectivity index (χ4v) is 2.01. The number of aliphatic carboxylic acids is 1. The lowest BCUT2D eigenvalue weighted by molar-refractivity contribution is -0.142. The molecule has 2 rings (SSSR count). The molecule has 0 saturated carbocycles. The maximum absolute atomic E-state index is 12.1. The van der Waals surface area contributed by atoms with Crippen molar-refractivity contribution < 1.29 is 19.4 Å². The zero-order valence-corrected chi connectivity index (χ0v) is 9.94. The number of rotatable bonds is 3. The first-order chi connectivity index (χ1) is 8.61. The van der Waals surface area contributed by atoms with Gasteiger partial charge in [-0.2, -0.15) is 0 Å². The molecule has 1 aromatic rings. The first kappa shape index (κ1) is 12.5. The predicted octanol–water partition coefficient (Wildman–Crippen LogP) is 0.253. The van der Waals surface area contributed by atoms with Gasteiger partial charge in [0, 0.05) is 25.0 Å². The largest absolute Gasteiger partial charge is 0.481 e. The van der Waals surface area contributed by atoms with E-state index in [-0.39, 0.29) is 19.1 Å². The summed E-state index contributed by atoms with van der Waals surface area (Å²) in [5.41, 5.74) is 0.489. The van der Waals surface area contributed by atoms with E-state index >= 15 is 0 Å². The van der Waals surface area contributed by atoms with Crippen LogP contribution in [0.15, 0.2) is 24.5 Å². The number of carboxylic acid groups (broad SMARTS) is 1. The zero-order chi connectivity index (χ0) is 13.1. The van der Waals surface area contributed by atoms with E-state index in [1.54, 1.807) is 19.2 Å². The van der Waals surface area contributed by atoms with Gasteiger partial charge in [0.05, 0.1) is 19.3 Å². The second-order valence-corrected chi connectivity index (χ2v) is 4.20. The molecule has 0 spiro atoms. The Balaban J connectivity index is 2.14. The fourth-order valence-electron chi connectivity index (χ4n) is 2.01. The van der Waals surface area contributed by atoms with E-state index in [1.807, 2.05) is 0 Å². The summed E-state index contributed by atoms with van der Waals surface area (Å²) in [5, 5.41) is 9.06. The monoisotopic (exact) mass is 250 g/mol. The summed E-state index contributed by atoms with van der Waals surface area (Å²) in [6, 6.07) is 2.78. The molecule has 0 bridgehead atoms. The number of ether oxygens (including phenoxy) is 1. The number of pyridine rings is 1. The summed E-state index contributed by atoms with van der Waals surface area (Å²) in [5.74, 6) is -1.83. The van der Waals surface area contributed by atoms with Gasteiger partial charge in [0.25, 0.3) is 5.91 Å². The lowest BCUT2D eigenvalue weighted by atomic mass is 10.0. The van der Waals surface area contributed by atoms with E-state index in [0.29, 0.717) is 5.56 Å². The molecule has 2 atom stereocenters. The Hall–Kier alpha value is -1.95. The smallest absolute Gasteiger partial charge is 0.311 e. The average molecular weight is 250 g/mol. The highest BCUT2D eigenvalue weighted by atomic mass is 16.5. The van der Waals surface area contributed by atoms with Crippen molar-refractivity contribution >= 4 is 11.9 Å². The van der Waals surface area contributed by atoms with Crippen molar-refractivity contribution in [3.63, 3.8) is 0 Å². The van der Waals surface area contributed by atoms with Crippen molar-refractivity contribution in [3.05, 3.63) is 30.1 Å². The SMILES string of the molecule is CN(C(=O)c1ccncc1)C1COCC1C(=O)O. The summed E-state index contributed by atoms with van der Waals surface area (Å²) < 4.78 is 5.15. The van der Waals surface area contributed by atoms with E-state index in [1.165, 1.54) is 17.3 Å². The van der Waals surface area contributed by atoms with Crippen LogP contribution in [0.3, 0.4) is 0 Å². The second kappa shape index (κ2) is 5.14. The highest BCUT2D eigenvalue weighted by Crippen LogP contribution is 2.20. The molecule has 1 N–H and O–H groups in total. The van der Waals surface area contributed by atoms with Crippen molar-refractivity contribution in [2.45, 2.75) is 6.04 Å². The fraction of sp³-hybridized carbons (Fsp3) is 0.417. The Bertz CT molecular complexity index is 449. The molecule has 1 aromatic heterocycles. The van der Waals surface area contributed by atoms with E-state index in [0.717, 1.165) is 0 Å². The summed E-state index contributed by atoms with van der Waals surface area (Å²) in [6.45, 7) is 0.401. The van der Waals surface area contributed by atoms with E-state index in [9.17, 15) is 9.59 Å². The zero-order valence-electron chi connectivity index (χ0n) is 9.94. The second-order valence-electron chi connectivity index (χ2n) is 4.20. The Morgan fingerprint density at radius 1 is 1.39 bits per heavy atom. The third-order valence-corrected chi connectivity index (χ3v) is 3.11. The number of hydrogen-bond donors (Lipinski definition) is 1. The quantitative estimate of drug-likeness (QED) is 0.832. The van der Waals surface area contributed by atoms with E-state index < -0.39 is 17.9 Å². The van der Waals surface area contributed by atoms with Gasteiger partial charge >= 0.3 is 5.97 Å². The summed E-state index contributed by atoms with van der Waals surface area (Å²) in [4.78, 5) is 28.5. The molecule has 1 aliphatic rings. The van der Waals surface area contributed by atoms with Crippen LogP contribution in [0, 0.1) is 5.92 Å². The molecule has 2 heterocycles. The van der Waals surface area contributed by atoms with Crippen molar-refractivity contribution in [3.8, 4) is 0 Å². The van der Waals surface area contributed by atoms with Gasteiger partial charge in [0.2, 0.25) is 0 Å². The molecule has 1 aliphatic heterocycles. The summed E-state index contributed by atoms with van der Waals surface area (Å²) in [7, 11) is 1.60. The Kier molecular flexibility index (Phi) is 3.57. The van der Waals surface area contributed by atoms with Crippen LogP contribution in [0.25, 0.3) is 0 Å². The molecule has 1 fully saturated rings. The molecule has 0 aliphatic carbocycles. The number of aromatic nitrogens is 1. The van der Waals surface area contributed by atoms with Crippen molar-refractivity contribution in [1.82, 2.24) is 9.88 Å². The number of amides is 1. The number of hydrogen-bond acceptors (Lipinski definition) is 4. The van der Waals surface area contributed by atoms with Gasteiger partial charge in [0.1, 0.15) is 5.92 Å². The molecule has 6 heteroatoms. The van der Waals surface area contributed by atoms with Gasteiger partial charge in [-0.15, -0.1) is 0 Å². The Morgan fingerprint density at radius 3 is 2.67 bits per heavy atom. The van der Waals surface area contributed by atoms with Gasteiger partial charge in [0.15, 0.2) is 0 Å². The maximum atomic E-state index is 12.1. The highest BCUT2D eigenvalue weighted by molar-refractivity contribution is 5.94. The van der Waals surface area contributed by atoms with Gasteiger partial charge in [-0.25, -0.2) is 0 Å². The van der Waals surface area contributed by atoms with E-state index in [4.69, 9.17) is 9.84 Å². The van der Waals surface area contributed by atoms with E-state index in [2.05, 4.69) is 4.98 Å². The Labute approximate surface area is 104 Å². The molecule has 96 valence electrons. The predicted molar refractivity (Wildman–Crippen MR) is 62.1 cm³/mol. The minimum atomic E-state index is -0.938. The molecule has 0 radical (unpaired) electrons. The molecule has 18 heavy (non-hydrogen) atoms. The molecule has 2 unspecified atom stereocenters. The van der Waals surface area contributed by atoms with Crippen molar-refractivity contribution in [2.75, 3.05) is 20.3 Å². The topological polar surface area (TPSA) is 79.7 Å². The van der Waals surface area contributed by atoms with Crippen LogP contribution in [-0.2, 0) is 9.53 Å². The molecule has 0 aromatic carbocycles. The first-order valence-electron chi connectivity index (χ1n) is 5.59. The van der Waals surface area contributed by atoms with Gasteiger partial charge in [-0.1, -0.05) is 0 Å². The third-order valence-electron chi connectivity index (χ3n) is 3.11. The van der Waals surface area contributed by atoms with Gasteiger partial charge in [-0.3, -0.25) is 14.6 Å². The lowest BCUT2D eigenvalue weighted by Gasteiger charge is -2.26. The number of carbonyl (C=O) groups is 2. The minimum absolute atomic E-state index is 0.147. The number of nitrogens with zero attached hydrogens (tertiary/aromatic N) is 2. The van der Waals surface area contributed by atoms with Crippen molar-refractivity contribution in [1.29, 1.82) is 0 Å². The van der Waals surface area contributed by atoms with Crippen LogP contribution in [-0.4, -0.2) is 53.2 Å². The molecule has 1 saturated heterocycles. The standard InChI is InChI=1S/C12H14N2O4/c1-14(10-7-18-6-9(10)12(16)17)11(15)8-2-4-13-5-3-8/h2-5,9-10H,6-7H2,1H3,(H,16,17). The van der Waals surface area contributed by atoms with Crippen molar-refractivity contribution in [2.24, 2.45) is 5.92 Å². The highest BCUT2D eigenvalue weighted by Gasteiger charge is 2.38.